The van der Waals surface area contributed by atoms with Crippen molar-refractivity contribution in [3.8, 4) is 5.75 Å². The van der Waals surface area contributed by atoms with Gasteiger partial charge in [-0.25, -0.2) is 8.42 Å². The zero-order chi connectivity index (χ0) is 15.6. The molecule has 1 aromatic carbocycles. The predicted octanol–water partition coefficient (Wildman–Crippen LogP) is 4.24. The third-order valence-corrected chi connectivity index (χ3v) is 6.62. The third kappa shape index (κ3) is 4.46. The average Bonchev–Trinajstić information content (AvgIpc) is 2.29. The summed E-state index contributed by atoms with van der Waals surface area (Å²) in [5.41, 5.74) is 1.99. The van der Waals surface area contributed by atoms with E-state index >= 15 is 0 Å². The second-order valence-corrected chi connectivity index (χ2v) is 9.96. The maximum Gasteiger partial charge on any atom is 0.158 e. The molecule has 0 saturated heterocycles. The zero-order valence-corrected chi connectivity index (χ0v) is 16.2. The molecule has 0 aliphatic carbocycles. The Bertz CT molecular complexity index is 575. The molecule has 0 aliphatic rings. The summed E-state index contributed by atoms with van der Waals surface area (Å²) >= 11 is 6.86. The smallest absolute Gasteiger partial charge is 0.158 e. The van der Waals surface area contributed by atoms with E-state index in [0.717, 1.165) is 21.3 Å². The van der Waals surface area contributed by atoms with Crippen LogP contribution in [0.4, 0.5) is 0 Å². The predicted molar refractivity (Wildman–Crippen MR) is 90.5 cm³/mol. The Balaban J connectivity index is 2.82. The molecule has 0 unspecified atom stereocenters. The van der Waals surface area contributed by atoms with Crippen LogP contribution in [0.15, 0.2) is 16.6 Å². The van der Waals surface area contributed by atoms with Crippen molar-refractivity contribution in [2.45, 2.75) is 37.8 Å². The van der Waals surface area contributed by atoms with E-state index in [-0.39, 0.29) is 12.4 Å². The van der Waals surface area contributed by atoms with Gasteiger partial charge in [0.15, 0.2) is 9.84 Å². The molecule has 0 aromatic heterocycles. The largest absolute Gasteiger partial charge is 0.492 e. The molecule has 0 radical (unpaired) electrons. The molecule has 114 valence electrons. The normalized spacial score (nSPS) is 12.5. The quantitative estimate of drug-likeness (QED) is 0.659. The number of rotatable bonds is 5. The van der Waals surface area contributed by atoms with E-state index in [1.807, 2.05) is 19.1 Å². The lowest BCUT2D eigenvalue weighted by Crippen LogP contribution is -2.32. The van der Waals surface area contributed by atoms with Crippen LogP contribution in [-0.2, 0) is 15.2 Å². The molecule has 20 heavy (non-hydrogen) atoms. The van der Waals surface area contributed by atoms with Crippen molar-refractivity contribution in [2.75, 3.05) is 12.4 Å². The number of alkyl halides is 1. The Kier molecular flexibility index (Phi) is 6.11. The van der Waals surface area contributed by atoms with Crippen LogP contribution in [0, 0.1) is 6.92 Å². The second-order valence-electron chi connectivity index (χ2n) is 5.62. The van der Waals surface area contributed by atoms with E-state index in [4.69, 9.17) is 4.74 Å². The van der Waals surface area contributed by atoms with Crippen molar-refractivity contribution < 1.29 is 13.2 Å². The van der Waals surface area contributed by atoms with Crippen molar-refractivity contribution in [3.63, 3.8) is 0 Å². The van der Waals surface area contributed by atoms with Gasteiger partial charge in [-0.2, -0.15) is 0 Å². The monoisotopic (exact) mass is 426 g/mol. The minimum Gasteiger partial charge on any atom is -0.492 e. The number of hydrogen-bond donors (Lipinski definition) is 0. The van der Waals surface area contributed by atoms with Gasteiger partial charge in [-0.1, -0.05) is 31.9 Å². The Labute approximate surface area is 138 Å². The first kappa shape index (κ1) is 18.0. The summed E-state index contributed by atoms with van der Waals surface area (Å²) in [6.07, 6.45) is 0. The number of ether oxygens (including phenoxy) is 1. The minimum atomic E-state index is -3.15. The molecule has 0 heterocycles. The van der Waals surface area contributed by atoms with Gasteiger partial charge >= 0.3 is 0 Å². The van der Waals surface area contributed by atoms with Gasteiger partial charge in [-0.05, 0) is 45.4 Å². The van der Waals surface area contributed by atoms with E-state index < -0.39 is 14.6 Å². The topological polar surface area (TPSA) is 43.4 Å². The molecular weight excluding hydrogens is 408 g/mol. The van der Waals surface area contributed by atoms with Gasteiger partial charge in [0.2, 0.25) is 0 Å². The van der Waals surface area contributed by atoms with Crippen LogP contribution in [0.2, 0.25) is 0 Å². The average molecular weight is 428 g/mol. The summed E-state index contributed by atoms with van der Waals surface area (Å²) in [6.45, 7) is 7.23. The summed E-state index contributed by atoms with van der Waals surface area (Å²) < 4.78 is 30.0. The molecule has 0 bridgehead atoms. The first-order valence-corrected chi connectivity index (χ1v) is 9.85. The van der Waals surface area contributed by atoms with Gasteiger partial charge in [0.1, 0.15) is 12.4 Å². The highest BCUT2D eigenvalue weighted by molar-refractivity contribution is 9.10. The highest BCUT2D eigenvalue weighted by atomic mass is 79.9. The van der Waals surface area contributed by atoms with Crippen molar-refractivity contribution in [1.82, 2.24) is 0 Å². The summed E-state index contributed by atoms with van der Waals surface area (Å²) in [6, 6.07) is 3.93. The maximum atomic E-state index is 12.0. The van der Waals surface area contributed by atoms with Gasteiger partial charge in [-0.3, -0.25) is 0 Å². The molecule has 0 atom stereocenters. The van der Waals surface area contributed by atoms with E-state index in [9.17, 15) is 8.42 Å². The Hall–Kier alpha value is -0.0700. The Morgan fingerprint density at radius 3 is 2.35 bits per heavy atom. The summed E-state index contributed by atoms with van der Waals surface area (Å²) in [4.78, 5) is 0. The van der Waals surface area contributed by atoms with Gasteiger partial charge in [0, 0.05) is 15.4 Å². The number of hydrogen-bond acceptors (Lipinski definition) is 3. The van der Waals surface area contributed by atoms with E-state index in [1.165, 1.54) is 0 Å². The lowest BCUT2D eigenvalue weighted by Gasteiger charge is -2.20. The van der Waals surface area contributed by atoms with Crippen LogP contribution in [0.25, 0.3) is 0 Å². The summed E-state index contributed by atoms with van der Waals surface area (Å²) in [5, 5.41) is 0.661. The maximum absolute atomic E-state index is 12.0. The van der Waals surface area contributed by atoms with Crippen molar-refractivity contribution in [1.29, 1.82) is 0 Å². The molecule has 1 rings (SSSR count). The van der Waals surface area contributed by atoms with Crippen molar-refractivity contribution >= 4 is 41.7 Å². The molecule has 0 aliphatic heterocycles. The fourth-order valence-corrected chi connectivity index (χ4v) is 3.62. The number of sulfone groups is 1. The molecule has 1 aromatic rings. The highest BCUT2D eigenvalue weighted by Crippen LogP contribution is 2.30. The molecule has 0 saturated carbocycles. The first-order valence-electron chi connectivity index (χ1n) is 6.28. The van der Waals surface area contributed by atoms with Crippen LogP contribution < -0.4 is 4.74 Å². The molecule has 0 fully saturated rings. The lowest BCUT2D eigenvalue weighted by molar-refractivity contribution is 0.335. The van der Waals surface area contributed by atoms with Crippen LogP contribution in [-0.4, -0.2) is 25.5 Å². The molecule has 0 N–H and O–H groups in total. The standard InChI is InChI=1S/C14H20Br2O3S/c1-10-7-12(16)8-11(9-15)13(10)19-5-6-20(17,18)14(2,3)4/h7-8H,5-6,9H2,1-4H3. The van der Waals surface area contributed by atoms with Crippen LogP contribution in [0.3, 0.4) is 0 Å². The fourth-order valence-electron chi connectivity index (χ4n) is 1.66. The molecule has 3 nitrogen and oxygen atoms in total. The molecule has 0 spiro atoms. The Morgan fingerprint density at radius 2 is 1.85 bits per heavy atom. The van der Waals surface area contributed by atoms with Gasteiger partial charge in [0.05, 0.1) is 10.5 Å². The minimum absolute atomic E-state index is 0.0216. The number of benzene rings is 1. The van der Waals surface area contributed by atoms with Gasteiger partial charge in [0.25, 0.3) is 0 Å². The second kappa shape index (κ2) is 6.79. The van der Waals surface area contributed by atoms with Crippen LogP contribution in [0.5, 0.6) is 5.75 Å². The van der Waals surface area contributed by atoms with E-state index in [2.05, 4.69) is 31.9 Å². The van der Waals surface area contributed by atoms with Crippen molar-refractivity contribution in [3.05, 3.63) is 27.7 Å². The van der Waals surface area contributed by atoms with Crippen LogP contribution >= 0.6 is 31.9 Å². The molecule has 0 amide bonds. The van der Waals surface area contributed by atoms with Crippen molar-refractivity contribution in [2.24, 2.45) is 0 Å². The first-order chi connectivity index (χ1) is 9.08. The molecular formula is C14H20Br2O3S. The zero-order valence-electron chi connectivity index (χ0n) is 12.2. The summed E-state index contributed by atoms with van der Waals surface area (Å²) in [7, 11) is -3.15. The number of aryl methyl sites for hydroxylation is 1. The van der Waals surface area contributed by atoms with Gasteiger partial charge in [-0.15, -0.1) is 0 Å². The highest BCUT2D eigenvalue weighted by Gasteiger charge is 2.28. The van der Waals surface area contributed by atoms with Gasteiger partial charge < -0.3 is 4.74 Å². The van der Waals surface area contributed by atoms with E-state index in [0.29, 0.717) is 5.33 Å². The van der Waals surface area contributed by atoms with E-state index in [1.54, 1.807) is 20.8 Å². The Morgan fingerprint density at radius 1 is 1.25 bits per heavy atom. The number of halogens is 2. The lowest BCUT2D eigenvalue weighted by atomic mass is 10.1. The SMILES string of the molecule is Cc1cc(Br)cc(CBr)c1OCCS(=O)(=O)C(C)(C)C. The fraction of sp³-hybridized carbons (Fsp3) is 0.571. The third-order valence-electron chi connectivity index (χ3n) is 2.99. The summed E-state index contributed by atoms with van der Waals surface area (Å²) in [5.74, 6) is 0.780. The van der Waals surface area contributed by atoms with Crippen LogP contribution in [0.1, 0.15) is 31.9 Å². The molecule has 6 heteroatoms.